The molecule has 0 saturated carbocycles. The number of hydrogen-bond donors (Lipinski definition) is 0. The summed E-state index contributed by atoms with van der Waals surface area (Å²) in [6.45, 7) is 11.3. The summed E-state index contributed by atoms with van der Waals surface area (Å²) in [5.41, 5.74) is 0.288. The van der Waals surface area contributed by atoms with Gasteiger partial charge in [0.25, 0.3) is 0 Å². The minimum Gasteiger partial charge on any atom is -0.384 e. The molecule has 0 aliphatic rings. The maximum atomic E-state index is 5.08. The monoisotopic (exact) mass is 143 g/mol. The van der Waals surface area contributed by atoms with Gasteiger partial charge >= 0.3 is 0 Å². The van der Waals surface area contributed by atoms with E-state index < -0.39 is 0 Å². The highest BCUT2D eigenvalue weighted by Crippen LogP contribution is 2.24. The second-order valence-corrected chi connectivity index (χ2v) is 3.91. The van der Waals surface area contributed by atoms with Crippen molar-refractivity contribution in [3.05, 3.63) is 6.92 Å². The van der Waals surface area contributed by atoms with Gasteiger partial charge in [-0.3, -0.25) is 0 Å². The van der Waals surface area contributed by atoms with Gasteiger partial charge in [-0.15, -0.1) is 0 Å². The van der Waals surface area contributed by atoms with Crippen LogP contribution < -0.4 is 0 Å². The van der Waals surface area contributed by atoms with Gasteiger partial charge in [0, 0.05) is 7.11 Å². The van der Waals surface area contributed by atoms with E-state index in [1.807, 2.05) is 0 Å². The fourth-order valence-corrected chi connectivity index (χ4v) is 1.39. The molecule has 0 aliphatic carbocycles. The molecule has 0 bridgehead atoms. The van der Waals surface area contributed by atoms with E-state index in [-0.39, 0.29) is 5.41 Å². The second kappa shape index (κ2) is 3.97. The molecule has 0 aliphatic heterocycles. The summed E-state index contributed by atoms with van der Waals surface area (Å²) in [7, 11) is 1.75. The predicted molar refractivity (Wildman–Crippen MR) is 44.8 cm³/mol. The number of ether oxygens (including phenoxy) is 1. The molecule has 0 aromatic rings. The van der Waals surface area contributed by atoms with Crippen LogP contribution in [-0.2, 0) is 4.74 Å². The number of hydrogen-bond acceptors (Lipinski definition) is 1. The van der Waals surface area contributed by atoms with Crippen LogP contribution in [-0.4, -0.2) is 13.7 Å². The summed E-state index contributed by atoms with van der Waals surface area (Å²) in [6, 6.07) is 0. The van der Waals surface area contributed by atoms with E-state index in [0.717, 1.165) is 13.0 Å². The van der Waals surface area contributed by atoms with Gasteiger partial charge in [0.15, 0.2) is 0 Å². The Labute approximate surface area is 64.8 Å². The predicted octanol–water partition coefficient (Wildman–Crippen LogP) is 2.52. The Kier molecular flexibility index (Phi) is 3.95. The van der Waals surface area contributed by atoms with Crippen molar-refractivity contribution >= 4 is 0 Å². The minimum absolute atomic E-state index is 0.288. The van der Waals surface area contributed by atoms with Gasteiger partial charge in [-0.05, 0) is 17.8 Å². The third-order valence-corrected chi connectivity index (χ3v) is 1.44. The lowest BCUT2D eigenvalue weighted by Gasteiger charge is -2.25. The standard InChI is InChI=1S/C9H19O/c1-8(2)6-9(3,4)7-10-5/h8H,1,6-7H2,2-5H3. The van der Waals surface area contributed by atoms with Crippen LogP contribution in [0.2, 0.25) is 0 Å². The first-order valence-corrected chi connectivity index (χ1v) is 3.80. The van der Waals surface area contributed by atoms with Crippen LogP contribution in [0.3, 0.4) is 0 Å². The lowest BCUT2D eigenvalue weighted by Crippen LogP contribution is -2.20. The van der Waals surface area contributed by atoms with Crippen molar-refractivity contribution in [2.75, 3.05) is 13.7 Å². The van der Waals surface area contributed by atoms with Crippen molar-refractivity contribution in [3.8, 4) is 0 Å². The molecule has 0 rings (SSSR count). The van der Waals surface area contributed by atoms with Gasteiger partial charge in [-0.2, -0.15) is 0 Å². The highest BCUT2D eigenvalue weighted by molar-refractivity contribution is 4.71. The third kappa shape index (κ3) is 4.80. The van der Waals surface area contributed by atoms with Gasteiger partial charge < -0.3 is 4.74 Å². The van der Waals surface area contributed by atoms with Crippen molar-refractivity contribution in [1.29, 1.82) is 0 Å². The van der Waals surface area contributed by atoms with E-state index in [4.69, 9.17) is 4.74 Å². The molecule has 10 heavy (non-hydrogen) atoms. The molecule has 1 atom stereocenters. The van der Waals surface area contributed by atoms with Crippen LogP contribution in [0.25, 0.3) is 0 Å². The lowest BCUT2D eigenvalue weighted by molar-refractivity contribution is 0.0914. The van der Waals surface area contributed by atoms with E-state index in [2.05, 4.69) is 27.7 Å². The molecule has 0 spiro atoms. The molecule has 0 heterocycles. The molecule has 0 aromatic heterocycles. The van der Waals surface area contributed by atoms with Crippen LogP contribution in [0.4, 0.5) is 0 Å². The first-order chi connectivity index (χ1) is 4.48. The van der Waals surface area contributed by atoms with Gasteiger partial charge in [-0.1, -0.05) is 27.7 Å². The smallest absolute Gasteiger partial charge is 0.0513 e. The van der Waals surface area contributed by atoms with Crippen molar-refractivity contribution in [2.45, 2.75) is 27.2 Å². The summed E-state index contributed by atoms with van der Waals surface area (Å²) in [4.78, 5) is 0. The van der Waals surface area contributed by atoms with Crippen LogP contribution in [0.1, 0.15) is 27.2 Å². The summed E-state index contributed by atoms with van der Waals surface area (Å²) in [5, 5.41) is 0. The zero-order valence-electron chi connectivity index (χ0n) is 7.61. The highest BCUT2D eigenvalue weighted by atomic mass is 16.5. The topological polar surface area (TPSA) is 9.23 Å². The molecule has 0 N–H and O–H groups in total. The first kappa shape index (κ1) is 9.96. The van der Waals surface area contributed by atoms with Gasteiger partial charge in [0.2, 0.25) is 0 Å². The van der Waals surface area contributed by atoms with Crippen LogP contribution in [0, 0.1) is 18.3 Å². The highest BCUT2D eigenvalue weighted by Gasteiger charge is 2.18. The third-order valence-electron chi connectivity index (χ3n) is 1.44. The van der Waals surface area contributed by atoms with Crippen LogP contribution >= 0.6 is 0 Å². The minimum atomic E-state index is 0.288. The second-order valence-electron chi connectivity index (χ2n) is 3.91. The fourth-order valence-electron chi connectivity index (χ4n) is 1.39. The van der Waals surface area contributed by atoms with E-state index in [0.29, 0.717) is 5.92 Å². The summed E-state index contributed by atoms with van der Waals surface area (Å²) < 4.78 is 5.08. The zero-order chi connectivity index (χ0) is 8.20. The van der Waals surface area contributed by atoms with Gasteiger partial charge in [0.1, 0.15) is 0 Å². The molecular weight excluding hydrogens is 124 g/mol. The van der Waals surface area contributed by atoms with Crippen molar-refractivity contribution in [1.82, 2.24) is 0 Å². The lowest BCUT2D eigenvalue weighted by atomic mass is 9.85. The van der Waals surface area contributed by atoms with Crippen LogP contribution in [0.5, 0.6) is 0 Å². The molecule has 61 valence electrons. The largest absolute Gasteiger partial charge is 0.384 e. The zero-order valence-corrected chi connectivity index (χ0v) is 7.61. The number of rotatable bonds is 4. The molecule has 0 aromatic carbocycles. The van der Waals surface area contributed by atoms with Crippen molar-refractivity contribution < 1.29 is 4.74 Å². The molecule has 0 amide bonds. The van der Waals surface area contributed by atoms with Crippen molar-refractivity contribution in [3.63, 3.8) is 0 Å². The molecular formula is C9H19O. The maximum Gasteiger partial charge on any atom is 0.0513 e. The molecule has 1 unspecified atom stereocenters. The Hall–Kier alpha value is -0.0400. The number of methoxy groups -OCH3 is 1. The molecule has 0 saturated heterocycles. The molecule has 0 fully saturated rings. The Morgan fingerprint density at radius 1 is 1.50 bits per heavy atom. The fraction of sp³-hybridized carbons (Fsp3) is 0.889. The van der Waals surface area contributed by atoms with Gasteiger partial charge in [0.05, 0.1) is 6.61 Å². The van der Waals surface area contributed by atoms with E-state index in [1.54, 1.807) is 7.11 Å². The summed E-state index contributed by atoms with van der Waals surface area (Å²) in [5.74, 6) is 0.519. The Morgan fingerprint density at radius 3 is 2.30 bits per heavy atom. The van der Waals surface area contributed by atoms with E-state index in [1.165, 1.54) is 0 Å². The molecule has 1 heteroatoms. The molecule has 1 nitrogen and oxygen atoms in total. The molecule has 1 radical (unpaired) electrons. The Bertz CT molecular complexity index is 84.7. The van der Waals surface area contributed by atoms with E-state index in [9.17, 15) is 0 Å². The normalized spacial score (nSPS) is 12.6. The average molecular weight is 143 g/mol. The first-order valence-electron chi connectivity index (χ1n) is 3.80. The SMILES string of the molecule is [CH2]C(C)CC(C)(C)COC. The van der Waals surface area contributed by atoms with Gasteiger partial charge in [-0.25, -0.2) is 0 Å². The maximum absolute atomic E-state index is 5.08. The Morgan fingerprint density at radius 2 is 2.00 bits per heavy atom. The van der Waals surface area contributed by atoms with Crippen molar-refractivity contribution in [2.24, 2.45) is 11.3 Å². The van der Waals surface area contributed by atoms with Crippen LogP contribution in [0.15, 0.2) is 0 Å². The average Bonchev–Trinajstić information content (AvgIpc) is 1.59. The Balaban J connectivity index is 3.63. The quantitative estimate of drug-likeness (QED) is 0.587. The summed E-state index contributed by atoms with van der Waals surface area (Å²) in [6.07, 6.45) is 1.13. The summed E-state index contributed by atoms with van der Waals surface area (Å²) >= 11 is 0. The van der Waals surface area contributed by atoms with E-state index >= 15 is 0 Å².